The molecule has 0 saturated carbocycles. The van der Waals surface area contributed by atoms with Gasteiger partial charge in [-0.05, 0) is 73.2 Å². The molecule has 0 saturated heterocycles. The van der Waals surface area contributed by atoms with Gasteiger partial charge in [0, 0.05) is 5.02 Å². The number of hydrogen-bond acceptors (Lipinski definition) is 4. The lowest BCUT2D eigenvalue weighted by molar-refractivity contribution is -0.122. The van der Waals surface area contributed by atoms with Crippen LogP contribution in [-0.2, 0) is 14.8 Å². The van der Waals surface area contributed by atoms with Gasteiger partial charge in [0.25, 0.3) is 0 Å². The van der Waals surface area contributed by atoms with Crippen LogP contribution in [0.5, 0.6) is 5.75 Å². The van der Waals surface area contributed by atoms with E-state index in [-0.39, 0.29) is 29.1 Å². The Morgan fingerprint density at radius 3 is 2.27 bits per heavy atom. The van der Waals surface area contributed by atoms with Crippen molar-refractivity contribution >= 4 is 44.8 Å². The molecule has 0 aromatic heterocycles. The molecule has 1 N–H and O–H groups in total. The summed E-state index contributed by atoms with van der Waals surface area (Å²) in [5.74, 6) is 0.610. The molecule has 2 aromatic rings. The zero-order valence-electron chi connectivity index (χ0n) is 20.1. The minimum atomic E-state index is -3.84. The smallest absolute Gasteiger partial charge is 0.244 e. The molecule has 2 rings (SSSR count). The third-order valence-electron chi connectivity index (χ3n) is 5.54. The van der Waals surface area contributed by atoms with Crippen LogP contribution in [0, 0.1) is 6.92 Å². The van der Waals surface area contributed by atoms with Gasteiger partial charge in [-0.15, -0.1) is 0 Å². The molecule has 0 fully saturated rings. The summed E-state index contributed by atoms with van der Waals surface area (Å²) in [6.07, 6.45) is 1.29. The van der Waals surface area contributed by atoms with Crippen molar-refractivity contribution in [1.29, 1.82) is 0 Å². The number of nitrogens with one attached hydrogen (secondary N) is 1. The number of carbonyl (C=O) groups is 1. The maximum absolute atomic E-state index is 13.4. The number of ether oxygens (including phenoxy) is 1. The summed E-state index contributed by atoms with van der Waals surface area (Å²) in [4.78, 5) is 13.4. The summed E-state index contributed by atoms with van der Waals surface area (Å²) < 4.78 is 32.0. The minimum absolute atomic E-state index is 0.170. The molecule has 33 heavy (non-hydrogen) atoms. The van der Waals surface area contributed by atoms with Crippen LogP contribution in [0.15, 0.2) is 30.3 Å². The van der Waals surface area contributed by atoms with E-state index < -0.39 is 22.0 Å². The van der Waals surface area contributed by atoms with Gasteiger partial charge >= 0.3 is 0 Å². The standard InChI is InChI=1S/C24H32Cl2N2O4S/c1-8-21(28(33(7,30)31)22-12-17(25)9-10-20(22)26)24(29)27-16(5)19-13-18(14(2)3)23(32-6)11-15(19)4/h9-14,16,21H,8H2,1-7H3,(H,27,29)/t16-,21+/m1/s1. The second-order valence-corrected chi connectivity index (χ2v) is 11.1. The largest absolute Gasteiger partial charge is 0.496 e. The lowest BCUT2D eigenvalue weighted by Crippen LogP contribution is -2.50. The van der Waals surface area contributed by atoms with Gasteiger partial charge in [-0.3, -0.25) is 9.10 Å². The van der Waals surface area contributed by atoms with E-state index in [4.69, 9.17) is 27.9 Å². The van der Waals surface area contributed by atoms with E-state index in [0.29, 0.717) is 5.02 Å². The van der Waals surface area contributed by atoms with Crippen LogP contribution in [-0.4, -0.2) is 33.7 Å². The Bertz CT molecular complexity index is 1120. The van der Waals surface area contributed by atoms with Gasteiger partial charge in [-0.2, -0.15) is 0 Å². The zero-order chi connectivity index (χ0) is 25.1. The first-order chi connectivity index (χ1) is 15.3. The van der Waals surface area contributed by atoms with Crippen molar-refractivity contribution in [3.05, 3.63) is 57.1 Å². The number of aryl methyl sites for hydroxylation is 1. The molecular weight excluding hydrogens is 483 g/mol. The number of amides is 1. The highest BCUT2D eigenvalue weighted by atomic mass is 35.5. The van der Waals surface area contributed by atoms with Crippen molar-refractivity contribution in [2.45, 2.75) is 59.0 Å². The number of methoxy groups -OCH3 is 1. The molecule has 6 nitrogen and oxygen atoms in total. The van der Waals surface area contributed by atoms with Crippen LogP contribution in [0.3, 0.4) is 0 Å². The summed E-state index contributed by atoms with van der Waals surface area (Å²) in [5, 5.41) is 3.50. The fraction of sp³-hybridized carbons (Fsp3) is 0.458. The Hall–Kier alpha value is -1.96. The molecule has 0 aliphatic heterocycles. The monoisotopic (exact) mass is 514 g/mol. The van der Waals surface area contributed by atoms with Crippen molar-refractivity contribution in [1.82, 2.24) is 5.32 Å². The van der Waals surface area contributed by atoms with Crippen LogP contribution in [0.2, 0.25) is 10.0 Å². The van der Waals surface area contributed by atoms with Gasteiger partial charge in [0.05, 0.1) is 30.1 Å². The molecule has 2 atom stereocenters. The number of carbonyl (C=O) groups excluding carboxylic acids is 1. The number of halogens is 2. The Balaban J connectivity index is 2.44. The highest BCUT2D eigenvalue weighted by molar-refractivity contribution is 7.92. The molecule has 0 spiro atoms. The quantitative estimate of drug-likeness (QED) is 0.454. The van der Waals surface area contributed by atoms with Gasteiger partial charge in [-0.25, -0.2) is 8.42 Å². The van der Waals surface area contributed by atoms with E-state index in [1.165, 1.54) is 12.1 Å². The predicted molar refractivity (Wildman–Crippen MR) is 136 cm³/mol. The predicted octanol–water partition coefficient (Wildman–Crippen LogP) is 5.86. The van der Waals surface area contributed by atoms with Crippen molar-refractivity contribution in [2.75, 3.05) is 17.7 Å². The third-order valence-corrected chi connectivity index (χ3v) is 7.26. The number of nitrogens with zero attached hydrogens (tertiary/aromatic N) is 1. The van der Waals surface area contributed by atoms with E-state index in [9.17, 15) is 13.2 Å². The van der Waals surface area contributed by atoms with Gasteiger partial charge in [0.15, 0.2) is 0 Å². The molecule has 1 amide bonds. The highest BCUT2D eigenvalue weighted by Gasteiger charge is 2.33. The topological polar surface area (TPSA) is 75.7 Å². The summed E-state index contributed by atoms with van der Waals surface area (Å²) in [7, 11) is -2.20. The lowest BCUT2D eigenvalue weighted by atomic mass is 9.93. The molecule has 9 heteroatoms. The number of rotatable bonds is 9. The molecule has 0 aliphatic carbocycles. The van der Waals surface area contributed by atoms with Crippen molar-refractivity contribution in [3.63, 3.8) is 0 Å². The first-order valence-corrected chi connectivity index (χ1v) is 13.3. The van der Waals surface area contributed by atoms with Gasteiger partial charge < -0.3 is 10.1 Å². The SMILES string of the molecule is CC[C@@H](C(=O)N[C@H](C)c1cc(C(C)C)c(OC)cc1C)N(c1cc(Cl)ccc1Cl)S(C)(=O)=O. The second-order valence-electron chi connectivity index (χ2n) is 8.41. The molecular formula is C24H32Cl2N2O4S. The molecule has 2 aromatic carbocycles. The molecule has 182 valence electrons. The van der Waals surface area contributed by atoms with Crippen LogP contribution in [0.1, 0.15) is 62.8 Å². The van der Waals surface area contributed by atoms with E-state index >= 15 is 0 Å². The average Bonchev–Trinajstić information content (AvgIpc) is 2.72. The van der Waals surface area contributed by atoms with Crippen LogP contribution >= 0.6 is 23.2 Å². The van der Waals surface area contributed by atoms with Crippen LogP contribution < -0.4 is 14.4 Å². The molecule has 0 radical (unpaired) electrons. The van der Waals surface area contributed by atoms with Crippen molar-refractivity contribution in [2.24, 2.45) is 0 Å². The van der Waals surface area contributed by atoms with E-state index in [2.05, 4.69) is 19.2 Å². The molecule has 0 unspecified atom stereocenters. The van der Waals surface area contributed by atoms with Gasteiger partial charge in [0.1, 0.15) is 11.8 Å². The highest BCUT2D eigenvalue weighted by Crippen LogP contribution is 2.34. The van der Waals surface area contributed by atoms with Gasteiger partial charge in [0.2, 0.25) is 15.9 Å². The Labute approximate surface area is 207 Å². The van der Waals surface area contributed by atoms with Crippen molar-refractivity contribution in [3.8, 4) is 5.75 Å². The third kappa shape index (κ3) is 6.34. The maximum atomic E-state index is 13.4. The van der Waals surface area contributed by atoms with Gasteiger partial charge in [-0.1, -0.05) is 44.0 Å². The van der Waals surface area contributed by atoms with E-state index in [1.54, 1.807) is 20.1 Å². The first kappa shape index (κ1) is 27.3. The molecule has 0 bridgehead atoms. The fourth-order valence-electron chi connectivity index (χ4n) is 3.89. The average molecular weight is 516 g/mol. The molecule has 0 heterocycles. The summed E-state index contributed by atoms with van der Waals surface area (Å²) in [6.45, 7) is 9.73. The minimum Gasteiger partial charge on any atom is -0.496 e. The number of anilines is 1. The van der Waals surface area contributed by atoms with Crippen LogP contribution in [0.4, 0.5) is 5.69 Å². The lowest BCUT2D eigenvalue weighted by Gasteiger charge is -2.32. The van der Waals surface area contributed by atoms with Crippen molar-refractivity contribution < 1.29 is 17.9 Å². The Morgan fingerprint density at radius 2 is 1.76 bits per heavy atom. The Morgan fingerprint density at radius 1 is 1.12 bits per heavy atom. The summed E-state index contributed by atoms with van der Waals surface area (Å²) in [5.41, 5.74) is 3.11. The summed E-state index contributed by atoms with van der Waals surface area (Å²) >= 11 is 12.4. The zero-order valence-corrected chi connectivity index (χ0v) is 22.4. The van der Waals surface area contributed by atoms with E-state index in [0.717, 1.165) is 33.0 Å². The van der Waals surface area contributed by atoms with E-state index in [1.807, 2.05) is 26.0 Å². The fourth-order valence-corrected chi connectivity index (χ4v) is 5.53. The Kier molecular flexibility index (Phi) is 9.08. The number of hydrogen-bond donors (Lipinski definition) is 1. The molecule has 0 aliphatic rings. The first-order valence-electron chi connectivity index (χ1n) is 10.7. The second kappa shape index (κ2) is 11.0. The number of sulfonamides is 1. The normalized spacial score (nSPS) is 13.5. The maximum Gasteiger partial charge on any atom is 0.244 e. The summed E-state index contributed by atoms with van der Waals surface area (Å²) in [6, 6.07) is 7.17. The van der Waals surface area contributed by atoms with Crippen LogP contribution in [0.25, 0.3) is 0 Å². The number of benzene rings is 2.